The summed E-state index contributed by atoms with van der Waals surface area (Å²) in [5.41, 5.74) is 1.31. The third kappa shape index (κ3) is 4.34. The third-order valence-electron chi connectivity index (χ3n) is 3.67. The fraction of sp³-hybridized carbons (Fsp3) is 0.733. The second-order valence-electron chi connectivity index (χ2n) is 5.75. The number of nitrogens with zero attached hydrogens (tertiary/aromatic N) is 1. The molecule has 1 unspecified atom stereocenters. The molecule has 108 valence electrons. The van der Waals surface area contributed by atoms with Crippen LogP contribution < -0.4 is 5.32 Å². The summed E-state index contributed by atoms with van der Waals surface area (Å²) >= 11 is 0. The van der Waals surface area contributed by atoms with Gasteiger partial charge in [0.1, 0.15) is 5.76 Å². The van der Waals surface area contributed by atoms with E-state index in [4.69, 9.17) is 9.15 Å². The molecule has 0 aromatic carbocycles. The number of rotatable bonds is 7. The van der Waals surface area contributed by atoms with E-state index in [2.05, 4.69) is 30.1 Å². The van der Waals surface area contributed by atoms with E-state index in [1.54, 1.807) is 13.4 Å². The van der Waals surface area contributed by atoms with E-state index in [1.165, 1.54) is 12.0 Å². The van der Waals surface area contributed by atoms with Crippen LogP contribution in [0.5, 0.6) is 0 Å². The van der Waals surface area contributed by atoms with Crippen LogP contribution in [0.2, 0.25) is 0 Å². The van der Waals surface area contributed by atoms with Gasteiger partial charge in [0.2, 0.25) is 0 Å². The molecule has 1 aliphatic heterocycles. The first-order valence-corrected chi connectivity index (χ1v) is 7.19. The summed E-state index contributed by atoms with van der Waals surface area (Å²) in [7, 11) is 1.79. The molecule has 0 bridgehead atoms. The Balaban J connectivity index is 1.84. The molecule has 4 nitrogen and oxygen atoms in total. The van der Waals surface area contributed by atoms with Crippen molar-refractivity contribution in [3.05, 3.63) is 23.7 Å². The molecule has 0 spiro atoms. The first-order valence-electron chi connectivity index (χ1n) is 7.19. The molecule has 1 saturated heterocycles. The van der Waals surface area contributed by atoms with Gasteiger partial charge in [-0.2, -0.15) is 0 Å². The van der Waals surface area contributed by atoms with Gasteiger partial charge in [-0.15, -0.1) is 0 Å². The Morgan fingerprint density at radius 2 is 2.37 bits per heavy atom. The van der Waals surface area contributed by atoms with Crippen LogP contribution in [0.4, 0.5) is 0 Å². The number of hydrogen-bond donors (Lipinski definition) is 1. The van der Waals surface area contributed by atoms with Gasteiger partial charge in [0, 0.05) is 31.8 Å². The molecule has 1 aromatic rings. The van der Waals surface area contributed by atoms with E-state index in [1.807, 2.05) is 0 Å². The van der Waals surface area contributed by atoms with Crippen LogP contribution in [0, 0.1) is 5.92 Å². The average molecular weight is 266 g/mol. The van der Waals surface area contributed by atoms with Gasteiger partial charge in [-0.1, -0.05) is 13.8 Å². The molecule has 19 heavy (non-hydrogen) atoms. The molecule has 1 aromatic heterocycles. The maximum atomic E-state index is 5.59. The highest BCUT2D eigenvalue weighted by Gasteiger charge is 2.23. The summed E-state index contributed by atoms with van der Waals surface area (Å²) in [4.78, 5) is 2.49. The molecule has 0 aliphatic carbocycles. The highest BCUT2D eigenvalue weighted by Crippen LogP contribution is 2.21. The Bertz CT molecular complexity index is 376. The fourth-order valence-electron chi connectivity index (χ4n) is 2.63. The number of hydrogen-bond acceptors (Lipinski definition) is 4. The lowest BCUT2D eigenvalue weighted by molar-refractivity contribution is 0.152. The van der Waals surface area contributed by atoms with Crippen LogP contribution in [-0.2, 0) is 17.8 Å². The Hall–Kier alpha value is -0.840. The van der Waals surface area contributed by atoms with E-state index in [0.29, 0.717) is 12.0 Å². The summed E-state index contributed by atoms with van der Waals surface area (Å²) in [6.07, 6.45) is 3.04. The second-order valence-corrected chi connectivity index (χ2v) is 5.75. The first-order chi connectivity index (χ1) is 9.19. The highest BCUT2D eigenvalue weighted by atomic mass is 16.5. The van der Waals surface area contributed by atoms with Gasteiger partial charge in [0.15, 0.2) is 0 Å². The van der Waals surface area contributed by atoms with E-state index in [-0.39, 0.29) is 0 Å². The SMILES string of the molecule is COCC1CCN(Cc2ccoc2CNC(C)C)C1. The topological polar surface area (TPSA) is 37.6 Å². The van der Waals surface area contributed by atoms with E-state index < -0.39 is 0 Å². The molecule has 1 fully saturated rings. The number of likely N-dealkylation sites (tertiary alicyclic amines) is 1. The molecule has 0 radical (unpaired) electrons. The van der Waals surface area contributed by atoms with Crippen molar-refractivity contribution in [1.82, 2.24) is 10.2 Å². The Labute approximate surface area is 116 Å². The quantitative estimate of drug-likeness (QED) is 0.821. The lowest BCUT2D eigenvalue weighted by atomic mass is 10.1. The van der Waals surface area contributed by atoms with Gasteiger partial charge in [0.05, 0.1) is 19.4 Å². The van der Waals surface area contributed by atoms with Crippen molar-refractivity contribution < 1.29 is 9.15 Å². The minimum Gasteiger partial charge on any atom is -0.468 e. The van der Waals surface area contributed by atoms with Gasteiger partial charge in [-0.25, -0.2) is 0 Å². The van der Waals surface area contributed by atoms with E-state index in [0.717, 1.165) is 38.5 Å². The van der Waals surface area contributed by atoms with Crippen LogP contribution in [0.1, 0.15) is 31.6 Å². The monoisotopic (exact) mass is 266 g/mol. The Morgan fingerprint density at radius 3 is 3.11 bits per heavy atom. The smallest absolute Gasteiger partial charge is 0.122 e. The molecule has 2 rings (SSSR count). The molecule has 1 atom stereocenters. The maximum absolute atomic E-state index is 5.59. The predicted molar refractivity (Wildman–Crippen MR) is 75.9 cm³/mol. The molecule has 0 saturated carbocycles. The summed E-state index contributed by atoms with van der Waals surface area (Å²) in [5.74, 6) is 1.76. The second kappa shape index (κ2) is 7.08. The van der Waals surface area contributed by atoms with Crippen molar-refractivity contribution in [3.63, 3.8) is 0 Å². The molecule has 1 aliphatic rings. The molecule has 4 heteroatoms. The zero-order valence-electron chi connectivity index (χ0n) is 12.3. The van der Waals surface area contributed by atoms with Crippen molar-refractivity contribution >= 4 is 0 Å². The third-order valence-corrected chi connectivity index (χ3v) is 3.67. The Morgan fingerprint density at radius 1 is 1.53 bits per heavy atom. The number of furan rings is 1. The minimum absolute atomic E-state index is 0.482. The van der Waals surface area contributed by atoms with Crippen molar-refractivity contribution in [1.29, 1.82) is 0 Å². The summed E-state index contributed by atoms with van der Waals surface area (Å²) in [6.45, 7) is 9.29. The van der Waals surface area contributed by atoms with Gasteiger partial charge in [0.25, 0.3) is 0 Å². The van der Waals surface area contributed by atoms with E-state index >= 15 is 0 Å². The average Bonchev–Trinajstić information content (AvgIpc) is 2.97. The van der Waals surface area contributed by atoms with Crippen molar-refractivity contribution in [2.45, 2.75) is 39.4 Å². The Kier molecular flexibility index (Phi) is 5.43. The van der Waals surface area contributed by atoms with Crippen LogP contribution in [0.25, 0.3) is 0 Å². The number of nitrogens with one attached hydrogen (secondary N) is 1. The molecule has 1 N–H and O–H groups in total. The number of ether oxygens (including phenoxy) is 1. The lowest BCUT2D eigenvalue weighted by Crippen LogP contribution is -2.24. The van der Waals surface area contributed by atoms with Crippen LogP contribution in [0.3, 0.4) is 0 Å². The molecular formula is C15H26N2O2. The number of methoxy groups -OCH3 is 1. The largest absolute Gasteiger partial charge is 0.468 e. The highest BCUT2D eigenvalue weighted by molar-refractivity contribution is 5.17. The summed E-state index contributed by atoms with van der Waals surface area (Å²) in [5, 5.41) is 3.41. The van der Waals surface area contributed by atoms with Gasteiger partial charge in [-0.05, 0) is 24.9 Å². The molecular weight excluding hydrogens is 240 g/mol. The van der Waals surface area contributed by atoms with E-state index in [9.17, 15) is 0 Å². The maximum Gasteiger partial charge on any atom is 0.122 e. The minimum atomic E-state index is 0.482. The van der Waals surface area contributed by atoms with Gasteiger partial charge in [-0.3, -0.25) is 4.90 Å². The zero-order valence-corrected chi connectivity index (χ0v) is 12.3. The first kappa shape index (κ1) is 14.6. The van der Waals surface area contributed by atoms with Gasteiger partial charge < -0.3 is 14.5 Å². The van der Waals surface area contributed by atoms with Gasteiger partial charge >= 0.3 is 0 Å². The fourth-order valence-corrected chi connectivity index (χ4v) is 2.63. The summed E-state index contributed by atoms with van der Waals surface area (Å²) in [6, 6.07) is 2.58. The van der Waals surface area contributed by atoms with Crippen LogP contribution in [-0.4, -0.2) is 37.7 Å². The van der Waals surface area contributed by atoms with Crippen molar-refractivity contribution in [2.24, 2.45) is 5.92 Å². The summed E-state index contributed by atoms with van der Waals surface area (Å²) < 4.78 is 10.8. The van der Waals surface area contributed by atoms with Crippen molar-refractivity contribution in [3.8, 4) is 0 Å². The molecule has 2 heterocycles. The van der Waals surface area contributed by atoms with Crippen molar-refractivity contribution in [2.75, 3.05) is 26.8 Å². The van der Waals surface area contributed by atoms with Crippen LogP contribution >= 0.6 is 0 Å². The normalized spacial score (nSPS) is 20.5. The zero-order chi connectivity index (χ0) is 13.7. The predicted octanol–water partition coefficient (Wildman–Crippen LogP) is 2.25. The molecule has 0 amide bonds. The van der Waals surface area contributed by atoms with Crippen LogP contribution in [0.15, 0.2) is 16.7 Å². The lowest BCUT2D eigenvalue weighted by Gasteiger charge is -2.16. The standard InChI is InChI=1S/C15H26N2O2/c1-12(2)16-8-15-14(5-7-19-15)10-17-6-4-13(9-17)11-18-3/h5,7,12-13,16H,4,6,8-11H2,1-3H3.